The summed E-state index contributed by atoms with van der Waals surface area (Å²) in [4.78, 5) is 2.59. The van der Waals surface area contributed by atoms with Crippen molar-refractivity contribution < 1.29 is 4.42 Å². The third-order valence-corrected chi connectivity index (χ3v) is 3.05. The van der Waals surface area contributed by atoms with Crippen molar-refractivity contribution in [1.82, 2.24) is 4.90 Å². The molecule has 2 heteroatoms. The zero-order valence-electron chi connectivity index (χ0n) is 8.91. The number of nitrogens with zero attached hydrogens (tertiary/aromatic N) is 1. The third-order valence-electron chi connectivity index (χ3n) is 3.05. The summed E-state index contributed by atoms with van der Waals surface area (Å²) in [6, 6.07) is 2.72. The Kier molecular flexibility index (Phi) is 3.25. The molecule has 14 heavy (non-hydrogen) atoms. The van der Waals surface area contributed by atoms with E-state index in [2.05, 4.69) is 17.9 Å². The second kappa shape index (κ2) is 4.65. The maximum absolute atomic E-state index is 5.17. The highest BCUT2D eigenvalue weighted by molar-refractivity contribution is 5.12. The quantitative estimate of drug-likeness (QED) is 0.733. The van der Waals surface area contributed by atoms with E-state index >= 15 is 0 Å². The number of piperidine rings is 1. The first kappa shape index (κ1) is 9.78. The standard InChI is InChI=1S/C12H19NO/c1-2-7-13-8-4-3-5-12(13)11-6-9-14-10-11/h6,9-10,12H,2-5,7-8H2,1H3/t12-/m0/s1. The van der Waals surface area contributed by atoms with Crippen LogP contribution in [0.1, 0.15) is 44.2 Å². The Hall–Kier alpha value is -0.760. The summed E-state index contributed by atoms with van der Waals surface area (Å²) >= 11 is 0. The molecule has 1 atom stereocenters. The highest BCUT2D eigenvalue weighted by atomic mass is 16.3. The SMILES string of the molecule is CCCN1CCCC[C@H]1c1ccoc1. The number of rotatable bonds is 3. The average Bonchev–Trinajstić information content (AvgIpc) is 2.72. The van der Waals surface area contributed by atoms with Crippen LogP contribution in [0.4, 0.5) is 0 Å². The Morgan fingerprint density at radius 3 is 3.14 bits per heavy atom. The topological polar surface area (TPSA) is 16.4 Å². The molecule has 2 heterocycles. The average molecular weight is 193 g/mol. The van der Waals surface area contributed by atoms with E-state index in [4.69, 9.17) is 4.42 Å². The van der Waals surface area contributed by atoms with E-state index in [9.17, 15) is 0 Å². The zero-order valence-corrected chi connectivity index (χ0v) is 8.91. The molecule has 2 nitrogen and oxygen atoms in total. The molecule has 2 rings (SSSR count). The van der Waals surface area contributed by atoms with Gasteiger partial charge in [-0.3, -0.25) is 4.90 Å². The van der Waals surface area contributed by atoms with Crippen LogP contribution in [0, 0.1) is 0 Å². The van der Waals surface area contributed by atoms with Gasteiger partial charge in [0.25, 0.3) is 0 Å². The van der Waals surface area contributed by atoms with E-state index < -0.39 is 0 Å². The lowest BCUT2D eigenvalue weighted by Crippen LogP contribution is -2.33. The largest absolute Gasteiger partial charge is 0.472 e. The summed E-state index contributed by atoms with van der Waals surface area (Å²) in [6.07, 6.45) is 8.94. The van der Waals surface area contributed by atoms with Crippen LogP contribution in [-0.2, 0) is 0 Å². The van der Waals surface area contributed by atoms with Crippen LogP contribution in [-0.4, -0.2) is 18.0 Å². The van der Waals surface area contributed by atoms with Gasteiger partial charge in [0.2, 0.25) is 0 Å². The van der Waals surface area contributed by atoms with Gasteiger partial charge in [-0.25, -0.2) is 0 Å². The molecule has 1 aliphatic rings. The predicted molar refractivity (Wildman–Crippen MR) is 57.2 cm³/mol. The monoisotopic (exact) mass is 193 g/mol. The number of likely N-dealkylation sites (tertiary alicyclic amines) is 1. The normalized spacial score (nSPS) is 23.9. The first-order chi connectivity index (χ1) is 6.92. The molecule has 1 aliphatic heterocycles. The van der Waals surface area contributed by atoms with E-state index in [0.717, 1.165) is 0 Å². The molecule has 0 saturated carbocycles. The molecule has 0 N–H and O–H groups in total. The molecule has 1 saturated heterocycles. The van der Waals surface area contributed by atoms with Crippen molar-refractivity contribution in [2.45, 2.75) is 38.6 Å². The van der Waals surface area contributed by atoms with E-state index in [1.807, 2.05) is 6.26 Å². The molecule has 0 radical (unpaired) electrons. The zero-order chi connectivity index (χ0) is 9.80. The maximum atomic E-state index is 5.17. The molecule has 78 valence electrons. The van der Waals surface area contributed by atoms with Crippen molar-refractivity contribution in [3.8, 4) is 0 Å². The molecule has 1 fully saturated rings. The molecule has 0 amide bonds. The van der Waals surface area contributed by atoms with Gasteiger partial charge in [0, 0.05) is 11.6 Å². The van der Waals surface area contributed by atoms with Gasteiger partial charge in [-0.2, -0.15) is 0 Å². The van der Waals surface area contributed by atoms with Crippen molar-refractivity contribution in [3.05, 3.63) is 24.2 Å². The lowest BCUT2D eigenvalue weighted by atomic mass is 9.97. The van der Waals surface area contributed by atoms with Gasteiger partial charge < -0.3 is 4.42 Å². The minimum Gasteiger partial charge on any atom is -0.472 e. The maximum Gasteiger partial charge on any atom is 0.0950 e. The highest BCUT2D eigenvalue weighted by Gasteiger charge is 2.23. The lowest BCUT2D eigenvalue weighted by molar-refractivity contribution is 0.148. The first-order valence-electron chi connectivity index (χ1n) is 5.68. The smallest absolute Gasteiger partial charge is 0.0950 e. The van der Waals surface area contributed by atoms with Crippen molar-refractivity contribution >= 4 is 0 Å². The van der Waals surface area contributed by atoms with Gasteiger partial charge in [-0.15, -0.1) is 0 Å². The minimum absolute atomic E-state index is 0.613. The van der Waals surface area contributed by atoms with Gasteiger partial charge in [-0.1, -0.05) is 13.3 Å². The number of hydrogen-bond acceptors (Lipinski definition) is 2. The van der Waals surface area contributed by atoms with Crippen LogP contribution in [0.5, 0.6) is 0 Å². The molecular weight excluding hydrogens is 174 g/mol. The Balaban J connectivity index is 2.06. The van der Waals surface area contributed by atoms with Crippen LogP contribution < -0.4 is 0 Å². The fraction of sp³-hybridized carbons (Fsp3) is 0.667. The van der Waals surface area contributed by atoms with Crippen LogP contribution in [0.15, 0.2) is 23.0 Å². The molecule has 0 aliphatic carbocycles. The van der Waals surface area contributed by atoms with Crippen LogP contribution in [0.25, 0.3) is 0 Å². The Bertz CT molecular complexity index is 253. The third kappa shape index (κ3) is 2.01. The van der Waals surface area contributed by atoms with E-state index in [-0.39, 0.29) is 0 Å². The summed E-state index contributed by atoms with van der Waals surface area (Å²) in [7, 11) is 0. The molecule has 0 unspecified atom stereocenters. The number of hydrogen-bond donors (Lipinski definition) is 0. The molecular formula is C12H19NO. The fourth-order valence-corrected chi connectivity index (χ4v) is 2.39. The van der Waals surface area contributed by atoms with Gasteiger partial charge in [-0.05, 0) is 38.4 Å². The van der Waals surface area contributed by atoms with Gasteiger partial charge in [0.05, 0.1) is 12.5 Å². The van der Waals surface area contributed by atoms with E-state index in [1.165, 1.54) is 44.3 Å². The minimum atomic E-state index is 0.613. The summed E-state index contributed by atoms with van der Waals surface area (Å²) < 4.78 is 5.17. The number of furan rings is 1. The lowest BCUT2D eigenvalue weighted by Gasteiger charge is -2.34. The predicted octanol–water partition coefficient (Wildman–Crippen LogP) is 3.22. The second-order valence-electron chi connectivity index (χ2n) is 4.10. The van der Waals surface area contributed by atoms with E-state index in [0.29, 0.717) is 6.04 Å². The highest BCUT2D eigenvalue weighted by Crippen LogP contribution is 2.30. The van der Waals surface area contributed by atoms with Crippen LogP contribution in [0.3, 0.4) is 0 Å². The molecule has 1 aromatic heterocycles. The first-order valence-corrected chi connectivity index (χ1v) is 5.68. The van der Waals surface area contributed by atoms with Crippen molar-refractivity contribution in [2.24, 2.45) is 0 Å². The fourth-order valence-electron chi connectivity index (χ4n) is 2.39. The van der Waals surface area contributed by atoms with E-state index in [1.54, 1.807) is 6.26 Å². The molecule has 0 spiro atoms. The van der Waals surface area contributed by atoms with Crippen molar-refractivity contribution in [2.75, 3.05) is 13.1 Å². The molecule has 1 aromatic rings. The van der Waals surface area contributed by atoms with Crippen molar-refractivity contribution in [1.29, 1.82) is 0 Å². The molecule has 0 bridgehead atoms. The Morgan fingerprint density at radius 1 is 1.50 bits per heavy atom. The summed E-state index contributed by atoms with van der Waals surface area (Å²) in [6.45, 7) is 4.72. The Labute approximate surface area is 85.9 Å². The molecule has 0 aromatic carbocycles. The van der Waals surface area contributed by atoms with Crippen molar-refractivity contribution in [3.63, 3.8) is 0 Å². The van der Waals surface area contributed by atoms with Gasteiger partial charge >= 0.3 is 0 Å². The van der Waals surface area contributed by atoms with Gasteiger partial charge in [0.15, 0.2) is 0 Å². The second-order valence-corrected chi connectivity index (χ2v) is 4.10. The van der Waals surface area contributed by atoms with Gasteiger partial charge in [0.1, 0.15) is 0 Å². The summed E-state index contributed by atoms with van der Waals surface area (Å²) in [5.74, 6) is 0. The summed E-state index contributed by atoms with van der Waals surface area (Å²) in [5.41, 5.74) is 1.36. The van der Waals surface area contributed by atoms with Crippen LogP contribution in [0.2, 0.25) is 0 Å². The van der Waals surface area contributed by atoms with Crippen LogP contribution >= 0.6 is 0 Å². The Morgan fingerprint density at radius 2 is 2.43 bits per heavy atom. The summed E-state index contributed by atoms with van der Waals surface area (Å²) in [5, 5.41) is 0.